The summed E-state index contributed by atoms with van der Waals surface area (Å²) in [5.41, 5.74) is -1.53. The van der Waals surface area contributed by atoms with Crippen LogP contribution in [0.3, 0.4) is 0 Å². The molecule has 1 amide bonds. The lowest BCUT2D eigenvalue weighted by molar-refractivity contribution is -0.216. The van der Waals surface area contributed by atoms with Gasteiger partial charge in [-0.1, -0.05) is 0 Å². The van der Waals surface area contributed by atoms with E-state index in [-0.39, 0.29) is 19.5 Å². The van der Waals surface area contributed by atoms with E-state index < -0.39 is 23.5 Å². The first kappa shape index (κ1) is 15.2. The Bertz CT molecular complexity index is 494. The van der Waals surface area contributed by atoms with Crippen LogP contribution in [0.15, 0.2) is 5.38 Å². The van der Waals surface area contributed by atoms with Crippen molar-refractivity contribution in [3.05, 3.63) is 16.1 Å². The molecule has 2 unspecified atom stereocenters. The zero-order valence-electron chi connectivity index (χ0n) is 11.2. The number of hydrogen-bond donors (Lipinski definition) is 2. The van der Waals surface area contributed by atoms with Gasteiger partial charge in [0.15, 0.2) is 5.41 Å². The fourth-order valence-corrected chi connectivity index (χ4v) is 3.03. The Hall–Kier alpha value is -1.15. The maximum absolute atomic E-state index is 13.2. The summed E-state index contributed by atoms with van der Waals surface area (Å²) in [6, 6.07) is -0.527. The predicted octanol–water partition coefficient (Wildman–Crippen LogP) is 2.17. The molecule has 2 N–H and O–H groups in total. The minimum absolute atomic E-state index is 0.192. The molecule has 1 aromatic heterocycles. The number of alkyl halides is 3. The van der Waals surface area contributed by atoms with Gasteiger partial charge in [-0.3, -0.25) is 4.79 Å². The van der Waals surface area contributed by atoms with Crippen molar-refractivity contribution >= 4 is 17.2 Å². The molecule has 0 radical (unpaired) electrons. The van der Waals surface area contributed by atoms with Gasteiger partial charge in [-0.05, 0) is 26.8 Å². The van der Waals surface area contributed by atoms with Crippen LogP contribution in [0.2, 0.25) is 0 Å². The van der Waals surface area contributed by atoms with Crippen molar-refractivity contribution in [1.29, 1.82) is 0 Å². The first-order valence-electron chi connectivity index (χ1n) is 6.27. The molecular formula is C12H16F3N3OS. The first-order chi connectivity index (χ1) is 9.26. The van der Waals surface area contributed by atoms with E-state index in [2.05, 4.69) is 15.6 Å². The SMILES string of the molecule is Cc1csc(C(C)NC(=O)C2(C(F)(F)F)CCNC2)n1. The Balaban J connectivity index is 2.14. The van der Waals surface area contributed by atoms with E-state index in [1.807, 2.05) is 0 Å². The lowest BCUT2D eigenvalue weighted by atomic mass is 9.85. The topological polar surface area (TPSA) is 54.0 Å². The summed E-state index contributed by atoms with van der Waals surface area (Å²) in [7, 11) is 0. The van der Waals surface area contributed by atoms with E-state index in [1.54, 1.807) is 19.2 Å². The molecule has 2 atom stereocenters. The number of nitrogens with zero attached hydrogens (tertiary/aromatic N) is 1. The minimum Gasteiger partial charge on any atom is -0.346 e. The fraction of sp³-hybridized carbons (Fsp3) is 0.667. The predicted molar refractivity (Wildman–Crippen MR) is 69.4 cm³/mol. The van der Waals surface area contributed by atoms with Crippen molar-refractivity contribution in [3.8, 4) is 0 Å². The number of carbonyl (C=O) groups excluding carboxylic acids is 1. The Kier molecular flexibility index (Phi) is 4.06. The molecule has 8 heteroatoms. The second-order valence-corrected chi connectivity index (χ2v) is 5.92. The number of aromatic nitrogens is 1. The Morgan fingerprint density at radius 2 is 2.30 bits per heavy atom. The molecule has 0 bridgehead atoms. The van der Waals surface area contributed by atoms with Gasteiger partial charge in [0.25, 0.3) is 0 Å². The summed E-state index contributed by atoms with van der Waals surface area (Å²) in [6.45, 7) is 3.26. The van der Waals surface area contributed by atoms with Gasteiger partial charge in [-0.25, -0.2) is 4.98 Å². The van der Waals surface area contributed by atoms with E-state index in [0.717, 1.165) is 5.69 Å². The number of carbonyl (C=O) groups is 1. The number of hydrogen-bond acceptors (Lipinski definition) is 4. The molecule has 2 heterocycles. The van der Waals surface area contributed by atoms with Gasteiger partial charge >= 0.3 is 6.18 Å². The molecule has 112 valence electrons. The number of nitrogens with one attached hydrogen (secondary N) is 2. The standard InChI is InChI=1S/C12H16F3N3OS/c1-7-5-20-9(17-7)8(2)18-10(19)11(12(13,14)15)3-4-16-6-11/h5,8,16H,3-4,6H2,1-2H3,(H,18,19). The smallest absolute Gasteiger partial charge is 0.346 e. The number of amides is 1. The van der Waals surface area contributed by atoms with Gasteiger partial charge < -0.3 is 10.6 Å². The molecule has 20 heavy (non-hydrogen) atoms. The van der Waals surface area contributed by atoms with Crippen LogP contribution in [0.1, 0.15) is 30.1 Å². The maximum atomic E-state index is 13.2. The second kappa shape index (κ2) is 5.33. The summed E-state index contributed by atoms with van der Waals surface area (Å²) in [5.74, 6) is -0.977. The van der Waals surface area contributed by atoms with Crippen molar-refractivity contribution < 1.29 is 18.0 Å². The fourth-order valence-electron chi connectivity index (χ4n) is 2.22. The van der Waals surface area contributed by atoms with Crippen LogP contribution in [0.5, 0.6) is 0 Å². The zero-order chi connectivity index (χ0) is 15.0. The highest BCUT2D eigenvalue weighted by Crippen LogP contribution is 2.43. The van der Waals surface area contributed by atoms with Crippen LogP contribution in [0.4, 0.5) is 13.2 Å². The zero-order valence-corrected chi connectivity index (χ0v) is 12.0. The van der Waals surface area contributed by atoms with Crippen LogP contribution < -0.4 is 10.6 Å². The van der Waals surface area contributed by atoms with Crippen molar-refractivity contribution in [2.24, 2.45) is 5.41 Å². The quantitative estimate of drug-likeness (QED) is 0.900. The maximum Gasteiger partial charge on any atom is 0.404 e. The highest BCUT2D eigenvalue weighted by molar-refractivity contribution is 7.09. The van der Waals surface area contributed by atoms with E-state index >= 15 is 0 Å². The van der Waals surface area contributed by atoms with E-state index in [0.29, 0.717) is 5.01 Å². The van der Waals surface area contributed by atoms with Crippen LogP contribution in [-0.2, 0) is 4.79 Å². The largest absolute Gasteiger partial charge is 0.404 e. The molecule has 0 saturated carbocycles. The van der Waals surface area contributed by atoms with Crippen LogP contribution in [0, 0.1) is 12.3 Å². The van der Waals surface area contributed by atoms with Gasteiger partial charge in [-0.15, -0.1) is 11.3 Å². The summed E-state index contributed by atoms with van der Waals surface area (Å²) >= 11 is 1.33. The van der Waals surface area contributed by atoms with Gasteiger partial charge in [0.05, 0.1) is 6.04 Å². The number of aryl methyl sites for hydroxylation is 1. The monoisotopic (exact) mass is 307 g/mol. The third-order valence-corrected chi connectivity index (χ3v) is 4.63. The van der Waals surface area contributed by atoms with Crippen molar-refractivity contribution in [2.45, 2.75) is 32.5 Å². The van der Waals surface area contributed by atoms with Crippen LogP contribution in [0.25, 0.3) is 0 Å². The summed E-state index contributed by atoms with van der Waals surface area (Å²) in [6.07, 6.45) is -4.79. The number of thiazole rings is 1. The Morgan fingerprint density at radius 1 is 1.60 bits per heavy atom. The van der Waals surface area contributed by atoms with Gasteiger partial charge in [0.1, 0.15) is 5.01 Å². The summed E-state index contributed by atoms with van der Waals surface area (Å²) in [5, 5.41) is 7.48. The van der Waals surface area contributed by atoms with Gasteiger partial charge in [0.2, 0.25) is 5.91 Å². The number of halogens is 3. The van der Waals surface area contributed by atoms with Crippen LogP contribution in [-0.4, -0.2) is 30.2 Å². The van der Waals surface area contributed by atoms with Crippen LogP contribution >= 0.6 is 11.3 Å². The molecule has 0 spiro atoms. The molecule has 1 aromatic rings. The van der Waals surface area contributed by atoms with Crippen molar-refractivity contribution in [1.82, 2.24) is 15.6 Å². The minimum atomic E-state index is -4.56. The highest BCUT2D eigenvalue weighted by atomic mass is 32.1. The molecule has 0 aliphatic carbocycles. The van der Waals surface area contributed by atoms with E-state index in [9.17, 15) is 18.0 Å². The second-order valence-electron chi connectivity index (χ2n) is 5.03. The molecule has 1 aliphatic rings. The average Bonchev–Trinajstić information content (AvgIpc) is 2.96. The molecule has 2 rings (SSSR count). The van der Waals surface area contributed by atoms with Gasteiger partial charge in [0, 0.05) is 17.6 Å². The first-order valence-corrected chi connectivity index (χ1v) is 7.15. The molecule has 1 saturated heterocycles. The number of rotatable bonds is 3. The van der Waals surface area contributed by atoms with E-state index in [4.69, 9.17) is 0 Å². The molecule has 1 fully saturated rings. The molecule has 4 nitrogen and oxygen atoms in total. The lowest BCUT2D eigenvalue weighted by Crippen LogP contribution is -2.52. The third kappa shape index (κ3) is 2.67. The Morgan fingerprint density at radius 3 is 2.75 bits per heavy atom. The van der Waals surface area contributed by atoms with Gasteiger partial charge in [-0.2, -0.15) is 13.2 Å². The molecular weight excluding hydrogens is 291 g/mol. The average molecular weight is 307 g/mol. The van der Waals surface area contributed by atoms with Crippen molar-refractivity contribution in [2.75, 3.05) is 13.1 Å². The normalized spacial score (nSPS) is 24.6. The third-order valence-electron chi connectivity index (χ3n) is 3.49. The summed E-state index contributed by atoms with van der Waals surface area (Å²) in [4.78, 5) is 16.3. The highest BCUT2D eigenvalue weighted by Gasteiger charge is 2.61. The lowest BCUT2D eigenvalue weighted by Gasteiger charge is -2.30. The van der Waals surface area contributed by atoms with E-state index in [1.165, 1.54) is 11.3 Å². The molecule has 1 aliphatic heterocycles. The van der Waals surface area contributed by atoms with Crippen molar-refractivity contribution in [3.63, 3.8) is 0 Å². The molecule has 0 aromatic carbocycles. The summed E-state index contributed by atoms with van der Waals surface area (Å²) < 4.78 is 39.6. The Labute approximate surface area is 118 Å².